The van der Waals surface area contributed by atoms with Crippen LogP contribution in [0.5, 0.6) is 0 Å². The van der Waals surface area contributed by atoms with Crippen LogP contribution in [0, 0.1) is 0 Å². The minimum absolute atomic E-state index is 0.196. The molecular formula is C21H18N2O3. The lowest BCUT2D eigenvalue weighted by molar-refractivity contribution is -0.113. The average Bonchev–Trinajstić information content (AvgIpc) is 2.96. The summed E-state index contributed by atoms with van der Waals surface area (Å²) in [4.78, 5) is 18.1. The van der Waals surface area contributed by atoms with Gasteiger partial charge in [0.15, 0.2) is 6.10 Å². The number of rotatable bonds is 4. The maximum Gasteiger partial charge on any atom is 0.413 e. The summed E-state index contributed by atoms with van der Waals surface area (Å²) in [5.41, 5.74) is 0.534. The van der Waals surface area contributed by atoms with Gasteiger partial charge in [-0.15, -0.1) is 0 Å². The van der Waals surface area contributed by atoms with E-state index in [4.69, 9.17) is 4.74 Å². The Bertz CT molecular complexity index is 887. The molecule has 2 aromatic carbocycles. The summed E-state index contributed by atoms with van der Waals surface area (Å²) in [6.45, 7) is 0.196. The van der Waals surface area contributed by atoms with Gasteiger partial charge < -0.3 is 9.84 Å². The zero-order chi connectivity index (χ0) is 18.0. The number of amides is 1. The molecule has 1 aromatic heterocycles. The van der Waals surface area contributed by atoms with Crippen molar-refractivity contribution in [1.29, 1.82) is 0 Å². The highest BCUT2D eigenvalue weighted by atomic mass is 16.6. The Labute approximate surface area is 151 Å². The van der Waals surface area contributed by atoms with Crippen LogP contribution in [0.15, 0.2) is 85.2 Å². The van der Waals surface area contributed by atoms with Crippen LogP contribution in [-0.4, -0.2) is 21.1 Å². The number of carbonyl (C=O) groups is 1. The van der Waals surface area contributed by atoms with Crippen LogP contribution in [0.1, 0.15) is 22.8 Å². The predicted molar refractivity (Wildman–Crippen MR) is 95.8 cm³/mol. The molecule has 0 radical (unpaired) electrons. The summed E-state index contributed by atoms with van der Waals surface area (Å²) in [5.74, 6) is 0. The molecule has 1 saturated heterocycles. The predicted octanol–water partition coefficient (Wildman–Crippen LogP) is 3.62. The highest BCUT2D eigenvalue weighted by Crippen LogP contribution is 2.47. The van der Waals surface area contributed by atoms with E-state index >= 15 is 0 Å². The van der Waals surface area contributed by atoms with Crippen LogP contribution in [0.4, 0.5) is 4.79 Å². The lowest BCUT2D eigenvalue weighted by Gasteiger charge is -2.34. The molecule has 4 rings (SSSR count). The molecule has 1 amide bonds. The first-order chi connectivity index (χ1) is 12.7. The fourth-order valence-corrected chi connectivity index (χ4v) is 3.31. The van der Waals surface area contributed by atoms with Gasteiger partial charge in [-0.3, -0.25) is 9.88 Å². The van der Waals surface area contributed by atoms with Gasteiger partial charge in [-0.25, -0.2) is 4.79 Å². The second kappa shape index (κ2) is 6.61. The maximum absolute atomic E-state index is 12.7. The summed E-state index contributed by atoms with van der Waals surface area (Å²) in [6, 6.07) is 22.1. The molecule has 0 spiro atoms. The number of nitrogens with zero attached hydrogens (tertiary/aromatic N) is 2. The molecule has 2 atom stereocenters. The minimum Gasteiger partial charge on any atom is -0.436 e. The van der Waals surface area contributed by atoms with Crippen molar-refractivity contribution in [2.45, 2.75) is 18.4 Å². The fourth-order valence-electron chi connectivity index (χ4n) is 3.31. The van der Waals surface area contributed by atoms with Gasteiger partial charge in [-0.1, -0.05) is 66.7 Å². The molecule has 0 bridgehead atoms. The Kier molecular flexibility index (Phi) is 4.14. The van der Waals surface area contributed by atoms with Gasteiger partial charge >= 0.3 is 6.09 Å². The van der Waals surface area contributed by atoms with Crippen molar-refractivity contribution < 1.29 is 14.6 Å². The molecule has 2 heterocycles. The lowest BCUT2D eigenvalue weighted by atomic mass is 9.91. The van der Waals surface area contributed by atoms with Gasteiger partial charge in [0, 0.05) is 18.0 Å². The molecule has 130 valence electrons. The Balaban J connectivity index is 1.81. The number of hydrogen-bond donors (Lipinski definition) is 1. The zero-order valence-electron chi connectivity index (χ0n) is 14.0. The number of ether oxygens (including phenoxy) is 1. The van der Waals surface area contributed by atoms with Gasteiger partial charge in [0.25, 0.3) is 0 Å². The molecule has 1 aliphatic heterocycles. The molecule has 26 heavy (non-hydrogen) atoms. The molecule has 0 saturated carbocycles. The third-order valence-corrected chi connectivity index (χ3v) is 4.58. The first-order valence-corrected chi connectivity index (χ1v) is 8.39. The average molecular weight is 346 g/mol. The van der Waals surface area contributed by atoms with E-state index in [0.717, 1.165) is 11.1 Å². The standard InChI is InChI=1S/C21H18N2O3/c24-20-23(15-16-8-7-13-22-14-16)21(25,18-11-5-2-6-12-18)19(26-20)17-9-3-1-4-10-17/h1-14,19,25H,15H2/t19-,21+/m1/s1. The van der Waals surface area contributed by atoms with Crippen LogP contribution in [0.3, 0.4) is 0 Å². The van der Waals surface area contributed by atoms with Crippen molar-refractivity contribution in [2.75, 3.05) is 0 Å². The molecule has 5 nitrogen and oxygen atoms in total. The van der Waals surface area contributed by atoms with Crippen LogP contribution >= 0.6 is 0 Å². The summed E-state index contributed by atoms with van der Waals surface area (Å²) >= 11 is 0. The Morgan fingerprint density at radius 1 is 1.00 bits per heavy atom. The van der Waals surface area contributed by atoms with Gasteiger partial charge in [-0.05, 0) is 17.2 Å². The van der Waals surface area contributed by atoms with Crippen molar-refractivity contribution in [3.05, 3.63) is 102 Å². The Morgan fingerprint density at radius 2 is 1.69 bits per heavy atom. The third kappa shape index (κ3) is 2.72. The molecule has 5 heteroatoms. The number of cyclic esters (lactones) is 1. The maximum atomic E-state index is 12.7. The molecule has 0 unspecified atom stereocenters. The zero-order valence-corrected chi connectivity index (χ0v) is 14.0. The Morgan fingerprint density at radius 3 is 2.35 bits per heavy atom. The van der Waals surface area contributed by atoms with Crippen molar-refractivity contribution in [1.82, 2.24) is 9.88 Å². The van der Waals surface area contributed by atoms with E-state index in [2.05, 4.69) is 4.98 Å². The van der Waals surface area contributed by atoms with Gasteiger partial charge in [0.05, 0.1) is 6.54 Å². The SMILES string of the molecule is O=C1O[C@H](c2ccccc2)[C@@](O)(c2ccccc2)N1Cc1cccnc1. The number of aliphatic hydroxyl groups is 1. The number of benzene rings is 2. The second-order valence-corrected chi connectivity index (χ2v) is 6.21. The van der Waals surface area contributed by atoms with Crippen LogP contribution in [0.25, 0.3) is 0 Å². The monoisotopic (exact) mass is 346 g/mol. The minimum atomic E-state index is -1.62. The number of carbonyl (C=O) groups excluding carboxylic acids is 1. The van der Waals surface area contributed by atoms with Crippen LogP contribution < -0.4 is 0 Å². The fraction of sp³-hybridized carbons (Fsp3) is 0.143. The summed E-state index contributed by atoms with van der Waals surface area (Å²) < 4.78 is 5.62. The Hall–Kier alpha value is -3.18. The van der Waals surface area contributed by atoms with E-state index in [1.54, 1.807) is 30.6 Å². The van der Waals surface area contributed by atoms with Gasteiger partial charge in [0.1, 0.15) is 0 Å². The smallest absolute Gasteiger partial charge is 0.413 e. The molecule has 0 aliphatic carbocycles. The summed E-state index contributed by atoms with van der Waals surface area (Å²) in [7, 11) is 0. The first kappa shape index (κ1) is 16.3. The highest BCUT2D eigenvalue weighted by Gasteiger charge is 2.55. The van der Waals surface area contributed by atoms with Crippen molar-refractivity contribution in [3.8, 4) is 0 Å². The van der Waals surface area contributed by atoms with Crippen LogP contribution in [-0.2, 0) is 17.0 Å². The second-order valence-electron chi connectivity index (χ2n) is 6.21. The summed E-state index contributed by atoms with van der Waals surface area (Å²) in [6.07, 6.45) is 1.96. The number of hydrogen-bond acceptors (Lipinski definition) is 4. The van der Waals surface area contributed by atoms with Crippen molar-refractivity contribution in [2.24, 2.45) is 0 Å². The topological polar surface area (TPSA) is 62.7 Å². The highest BCUT2D eigenvalue weighted by molar-refractivity contribution is 5.72. The van der Waals surface area contributed by atoms with Gasteiger partial charge in [-0.2, -0.15) is 0 Å². The van der Waals surface area contributed by atoms with Gasteiger partial charge in [0.2, 0.25) is 5.72 Å². The first-order valence-electron chi connectivity index (χ1n) is 8.39. The van der Waals surface area contributed by atoms with E-state index in [1.165, 1.54) is 4.90 Å². The van der Waals surface area contributed by atoms with E-state index in [9.17, 15) is 9.90 Å². The molecule has 1 aliphatic rings. The lowest BCUT2D eigenvalue weighted by Crippen LogP contribution is -2.45. The van der Waals surface area contributed by atoms with Crippen molar-refractivity contribution in [3.63, 3.8) is 0 Å². The van der Waals surface area contributed by atoms with E-state index in [1.807, 2.05) is 54.6 Å². The number of aromatic nitrogens is 1. The largest absolute Gasteiger partial charge is 0.436 e. The summed E-state index contributed by atoms with van der Waals surface area (Å²) in [5, 5.41) is 11.7. The number of pyridine rings is 1. The normalized spacial score (nSPS) is 22.3. The van der Waals surface area contributed by atoms with E-state index < -0.39 is 17.9 Å². The quantitative estimate of drug-likeness (QED) is 0.784. The third-order valence-electron chi connectivity index (χ3n) is 4.58. The molecule has 3 aromatic rings. The van der Waals surface area contributed by atoms with Crippen LogP contribution in [0.2, 0.25) is 0 Å². The van der Waals surface area contributed by atoms with E-state index in [0.29, 0.717) is 5.56 Å². The molecule has 1 N–H and O–H groups in total. The molecule has 1 fully saturated rings. The van der Waals surface area contributed by atoms with Crippen molar-refractivity contribution >= 4 is 6.09 Å². The van der Waals surface area contributed by atoms with E-state index in [-0.39, 0.29) is 6.54 Å². The molecular weight excluding hydrogens is 328 g/mol.